The molecule has 2 amide bonds. The lowest BCUT2D eigenvalue weighted by Gasteiger charge is -2.34. The first-order valence-corrected chi connectivity index (χ1v) is 13.3. The number of para-hydroxylation sites is 1. The first-order chi connectivity index (χ1) is 18.5. The highest BCUT2D eigenvalue weighted by Crippen LogP contribution is 2.25. The number of hydrogen-bond donors (Lipinski definition) is 1. The minimum absolute atomic E-state index is 0.0183. The van der Waals surface area contributed by atoms with Crippen molar-refractivity contribution < 1.29 is 19.1 Å². The largest absolute Gasteiger partial charge is 0.497 e. The van der Waals surface area contributed by atoms with Crippen molar-refractivity contribution in [3.8, 4) is 5.75 Å². The molecule has 1 aliphatic heterocycles. The number of aromatic nitrogens is 3. The molecule has 1 N–H and O–H groups in total. The van der Waals surface area contributed by atoms with Gasteiger partial charge in [-0.05, 0) is 42.2 Å². The molecule has 0 spiro atoms. The number of nitrogens with zero attached hydrogens (tertiary/aromatic N) is 5. The fraction of sp³-hybridized carbons (Fsp3) is 0.500. The van der Waals surface area contributed by atoms with E-state index in [9.17, 15) is 9.59 Å². The highest BCUT2D eigenvalue weighted by atomic mass is 16.5. The molecule has 0 radical (unpaired) electrons. The summed E-state index contributed by atoms with van der Waals surface area (Å²) in [6.07, 6.45) is 0.855. The molecule has 1 aromatic heterocycles. The van der Waals surface area contributed by atoms with E-state index in [0.717, 1.165) is 36.1 Å². The SMILES string of the molecule is COc1ccc([C@@H](C(=O)NCCC(C)C)N(CCN2CCOCC2)C(=O)Cn2nnc3ccccc32)cc1. The Labute approximate surface area is 223 Å². The molecule has 0 unspecified atom stereocenters. The van der Waals surface area contributed by atoms with Gasteiger partial charge in [0.25, 0.3) is 0 Å². The van der Waals surface area contributed by atoms with Crippen LogP contribution in [-0.2, 0) is 20.9 Å². The number of morpholine rings is 1. The van der Waals surface area contributed by atoms with Crippen LogP contribution in [0.4, 0.5) is 0 Å². The van der Waals surface area contributed by atoms with E-state index in [1.165, 1.54) is 0 Å². The maximum absolute atomic E-state index is 13.9. The topological polar surface area (TPSA) is 102 Å². The van der Waals surface area contributed by atoms with E-state index in [-0.39, 0.29) is 18.4 Å². The highest BCUT2D eigenvalue weighted by Gasteiger charge is 2.32. The number of methoxy groups -OCH3 is 1. The molecule has 4 rings (SSSR count). The predicted molar refractivity (Wildman–Crippen MR) is 145 cm³/mol. The van der Waals surface area contributed by atoms with Crippen LogP contribution >= 0.6 is 0 Å². The van der Waals surface area contributed by atoms with Crippen molar-refractivity contribution in [2.45, 2.75) is 32.9 Å². The van der Waals surface area contributed by atoms with Gasteiger partial charge in [0, 0.05) is 32.7 Å². The van der Waals surface area contributed by atoms with E-state index < -0.39 is 6.04 Å². The molecule has 10 heteroatoms. The smallest absolute Gasteiger partial charge is 0.247 e. The molecule has 204 valence electrons. The van der Waals surface area contributed by atoms with Crippen molar-refractivity contribution >= 4 is 22.8 Å². The molecule has 10 nitrogen and oxygen atoms in total. The number of fused-ring (bicyclic) bond motifs is 1. The van der Waals surface area contributed by atoms with Gasteiger partial charge in [-0.1, -0.05) is 43.3 Å². The summed E-state index contributed by atoms with van der Waals surface area (Å²) in [7, 11) is 1.60. The van der Waals surface area contributed by atoms with Crippen molar-refractivity contribution in [3.63, 3.8) is 0 Å². The molecular formula is C28H38N6O4. The number of hydrogen-bond acceptors (Lipinski definition) is 7. The van der Waals surface area contributed by atoms with Crippen LogP contribution in [0.25, 0.3) is 11.0 Å². The van der Waals surface area contributed by atoms with Crippen molar-refractivity contribution in [2.24, 2.45) is 5.92 Å². The van der Waals surface area contributed by atoms with Crippen LogP contribution in [-0.4, -0.2) is 89.7 Å². The van der Waals surface area contributed by atoms with Crippen LogP contribution in [0.5, 0.6) is 5.75 Å². The molecule has 2 heterocycles. The van der Waals surface area contributed by atoms with Crippen LogP contribution in [0.1, 0.15) is 31.9 Å². The number of ether oxygens (including phenoxy) is 2. The van der Waals surface area contributed by atoms with Gasteiger partial charge in [-0.2, -0.15) is 0 Å². The van der Waals surface area contributed by atoms with Gasteiger partial charge >= 0.3 is 0 Å². The molecular weight excluding hydrogens is 484 g/mol. The Bertz CT molecular complexity index is 1190. The number of nitrogens with one attached hydrogen (secondary N) is 1. The standard InChI is InChI=1S/C28H38N6O4/c1-21(2)12-13-29-28(36)27(22-8-10-23(37-3)11-9-22)33(15-14-32-16-18-38-19-17-32)26(35)20-34-25-7-5-4-6-24(25)30-31-34/h4-11,21,27H,12-20H2,1-3H3,(H,29,36)/t27-/m0/s1. The van der Waals surface area contributed by atoms with E-state index in [0.29, 0.717) is 44.5 Å². The number of benzene rings is 2. The van der Waals surface area contributed by atoms with Gasteiger partial charge in [0.05, 0.1) is 25.8 Å². The van der Waals surface area contributed by atoms with Crippen molar-refractivity contribution in [3.05, 3.63) is 54.1 Å². The second-order valence-corrected chi connectivity index (χ2v) is 9.93. The summed E-state index contributed by atoms with van der Waals surface area (Å²) >= 11 is 0. The maximum atomic E-state index is 13.9. The summed E-state index contributed by atoms with van der Waals surface area (Å²) in [6.45, 7) is 8.71. The number of carbonyl (C=O) groups is 2. The Morgan fingerprint density at radius 2 is 1.84 bits per heavy atom. The summed E-state index contributed by atoms with van der Waals surface area (Å²) in [4.78, 5) is 31.6. The fourth-order valence-corrected chi connectivity index (χ4v) is 4.56. The second kappa shape index (κ2) is 13.3. The number of amides is 2. The summed E-state index contributed by atoms with van der Waals surface area (Å²) < 4.78 is 12.4. The highest BCUT2D eigenvalue weighted by molar-refractivity contribution is 5.89. The van der Waals surface area contributed by atoms with Gasteiger partial charge in [-0.3, -0.25) is 14.5 Å². The molecule has 1 fully saturated rings. The molecule has 0 aliphatic carbocycles. The predicted octanol–water partition coefficient (Wildman–Crippen LogP) is 2.50. The Kier molecular flexibility index (Phi) is 9.67. The van der Waals surface area contributed by atoms with E-state index in [1.54, 1.807) is 16.7 Å². The maximum Gasteiger partial charge on any atom is 0.247 e. The summed E-state index contributed by atoms with van der Waals surface area (Å²) in [6, 6.07) is 14.1. The lowest BCUT2D eigenvalue weighted by molar-refractivity contribution is -0.142. The lowest BCUT2D eigenvalue weighted by atomic mass is 10.0. The van der Waals surface area contributed by atoms with Gasteiger partial charge in [-0.25, -0.2) is 4.68 Å². The number of carbonyl (C=O) groups excluding carboxylic acids is 2. The van der Waals surface area contributed by atoms with Gasteiger partial charge in [0.15, 0.2) is 0 Å². The van der Waals surface area contributed by atoms with Gasteiger partial charge in [-0.15, -0.1) is 5.10 Å². The van der Waals surface area contributed by atoms with Crippen LogP contribution in [0.3, 0.4) is 0 Å². The Hall–Kier alpha value is -3.50. The van der Waals surface area contributed by atoms with Crippen molar-refractivity contribution in [1.29, 1.82) is 0 Å². The lowest BCUT2D eigenvalue weighted by Crippen LogP contribution is -2.49. The monoisotopic (exact) mass is 522 g/mol. The van der Waals surface area contributed by atoms with Crippen LogP contribution in [0.2, 0.25) is 0 Å². The number of rotatable bonds is 12. The zero-order valence-corrected chi connectivity index (χ0v) is 22.5. The van der Waals surface area contributed by atoms with Gasteiger partial charge in [0.1, 0.15) is 23.9 Å². The van der Waals surface area contributed by atoms with Crippen LogP contribution < -0.4 is 10.1 Å². The molecule has 0 bridgehead atoms. The summed E-state index contributed by atoms with van der Waals surface area (Å²) in [5.41, 5.74) is 2.22. The molecule has 1 atom stereocenters. The Morgan fingerprint density at radius 1 is 1.11 bits per heavy atom. The molecule has 0 saturated carbocycles. The Morgan fingerprint density at radius 3 is 2.55 bits per heavy atom. The quantitative estimate of drug-likeness (QED) is 0.390. The zero-order valence-electron chi connectivity index (χ0n) is 22.5. The van der Waals surface area contributed by atoms with Gasteiger partial charge in [0.2, 0.25) is 11.8 Å². The minimum Gasteiger partial charge on any atom is -0.497 e. The summed E-state index contributed by atoms with van der Waals surface area (Å²) in [5, 5.41) is 11.5. The van der Waals surface area contributed by atoms with Crippen LogP contribution in [0, 0.1) is 5.92 Å². The first-order valence-electron chi connectivity index (χ1n) is 13.3. The van der Waals surface area contributed by atoms with Gasteiger partial charge < -0.3 is 19.7 Å². The molecule has 1 aliphatic rings. The fourth-order valence-electron chi connectivity index (χ4n) is 4.56. The van der Waals surface area contributed by atoms with Crippen molar-refractivity contribution in [1.82, 2.24) is 30.1 Å². The molecule has 2 aromatic carbocycles. The average molecular weight is 523 g/mol. The summed E-state index contributed by atoms with van der Waals surface area (Å²) in [5.74, 6) is 0.741. The Balaban J connectivity index is 1.63. The van der Waals surface area contributed by atoms with Crippen LogP contribution in [0.15, 0.2) is 48.5 Å². The third-order valence-electron chi connectivity index (χ3n) is 6.80. The molecule has 3 aromatic rings. The third kappa shape index (κ3) is 7.08. The average Bonchev–Trinajstić information content (AvgIpc) is 3.34. The van der Waals surface area contributed by atoms with E-state index in [1.807, 2.05) is 48.5 Å². The molecule has 1 saturated heterocycles. The van der Waals surface area contributed by atoms with E-state index in [2.05, 4.69) is 34.4 Å². The second-order valence-electron chi connectivity index (χ2n) is 9.93. The first kappa shape index (κ1) is 27.5. The molecule has 38 heavy (non-hydrogen) atoms. The zero-order chi connectivity index (χ0) is 26.9. The normalized spacial score (nSPS) is 14.9. The third-order valence-corrected chi connectivity index (χ3v) is 6.80. The van der Waals surface area contributed by atoms with Crippen molar-refractivity contribution in [2.75, 3.05) is 53.0 Å². The van der Waals surface area contributed by atoms with E-state index >= 15 is 0 Å². The minimum atomic E-state index is -0.795. The van der Waals surface area contributed by atoms with E-state index in [4.69, 9.17) is 9.47 Å².